The highest BCUT2D eigenvalue weighted by Crippen LogP contribution is 2.30. The number of nitrogens with one attached hydrogen (secondary N) is 2. The Labute approximate surface area is 241 Å². The van der Waals surface area contributed by atoms with Gasteiger partial charge in [0, 0.05) is 12.1 Å². The zero-order valence-corrected chi connectivity index (χ0v) is 26.8. The third kappa shape index (κ3) is 12.7. The summed E-state index contributed by atoms with van der Waals surface area (Å²) in [7, 11) is 0. The van der Waals surface area contributed by atoms with Crippen LogP contribution in [0.3, 0.4) is 0 Å². The number of hydrogen-bond acceptors (Lipinski definition) is 5. The molecular weight excluding hydrogens is 510 g/mol. The van der Waals surface area contributed by atoms with Gasteiger partial charge in [0.15, 0.2) is 0 Å². The minimum absolute atomic E-state index is 0.220. The Hall–Kier alpha value is -2.22. The SMILES string of the molecule is CCCCCCCN(C(=O)C(CCSC)NC(=O)OC(C)(C)C)C(C(=O)NC(C)(C)C)c1c(C)cccc1C. The quantitative estimate of drug-likeness (QED) is 0.246. The van der Waals surface area contributed by atoms with E-state index in [4.69, 9.17) is 4.74 Å². The lowest BCUT2D eigenvalue weighted by Crippen LogP contribution is -2.55. The van der Waals surface area contributed by atoms with E-state index in [9.17, 15) is 14.4 Å². The first-order valence-corrected chi connectivity index (χ1v) is 15.7. The summed E-state index contributed by atoms with van der Waals surface area (Å²) in [6.45, 7) is 17.7. The van der Waals surface area contributed by atoms with Gasteiger partial charge < -0.3 is 20.3 Å². The zero-order chi connectivity index (χ0) is 29.8. The molecule has 2 unspecified atom stereocenters. The summed E-state index contributed by atoms with van der Waals surface area (Å²) in [5.41, 5.74) is 1.57. The van der Waals surface area contributed by atoms with Crippen LogP contribution in [0.5, 0.6) is 0 Å². The van der Waals surface area contributed by atoms with Crippen molar-refractivity contribution in [3.05, 3.63) is 34.9 Å². The van der Waals surface area contributed by atoms with E-state index in [1.165, 1.54) is 0 Å². The number of aryl methyl sites for hydroxylation is 2. The molecule has 0 aliphatic rings. The highest BCUT2D eigenvalue weighted by molar-refractivity contribution is 7.98. The second-order valence-corrected chi connectivity index (χ2v) is 13.4. The van der Waals surface area contributed by atoms with Crippen molar-refractivity contribution in [2.24, 2.45) is 0 Å². The van der Waals surface area contributed by atoms with Gasteiger partial charge in [-0.05, 0) is 96.9 Å². The van der Waals surface area contributed by atoms with Crippen LogP contribution in [0, 0.1) is 13.8 Å². The third-order valence-electron chi connectivity index (χ3n) is 6.26. The first-order valence-electron chi connectivity index (χ1n) is 14.3. The molecule has 0 aromatic heterocycles. The van der Waals surface area contributed by atoms with Crippen LogP contribution in [0.25, 0.3) is 0 Å². The van der Waals surface area contributed by atoms with Crippen LogP contribution in [0.1, 0.15) is 110 Å². The fourth-order valence-electron chi connectivity index (χ4n) is 4.52. The van der Waals surface area contributed by atoms with Gasteiger partial charge in [0.1, 0.15) is 17.7 Å². The Morgan fingerprint density at radius 1 is 0.974 bits per heavy atom. The number of hydrogen-bond donors (Lipinski definition) is 2. The highest BCUT2D eigenvalue weighted by Gasteiger charge is 2.38. The molecular formula is C31H53N3O4S. The number of rotatable bonds is 14. The Kier molecular flexibility index (Phi) is 14.4. The summed E-state index contributed by atoms with van der Waals surface area (Å²) >= 11 is 1.61. The number of amides is 3. The molecule has 0 fully saturated rings. The lowest BCUT2D eigenvalue weighted by Gasteiger charge is -2.37. The number of nitrogens with zero attached hydrogens (tertiary/aromatic N) is 1. The van der Waals surface area contributed by atoms with Gasteiger partial charge in [-0.2, -0.15) is 11.8 Å². The molecule has 0 aliphatic heterocycles. The molecule has 222 valence electrons. The third-order valence-corrected chi connectivity index (χ3v) is 6.90. The molecule has 7 nitrogen and oxygen atoms in total. The maximum atomic E-state index is 14.3. The smallest absolute Gasteiger partial charge is 0.408 e. The molecule has 0 heterocycles. The van der Waals surface area contributed by atoms with Crippen LogP contribution in [-0.2, 0) is 14.3 Å². The lowest BCUT2D eigenvalue weighted by molar-refractivity contribution is -0.143. The van der Waals surface area contributed by atoms with E-state index in [-0.39, 0.29) is 11.8 Å². The number of alkyl carbamates (subject to hydrolysis) is 1. The van der Waals surface area contributed by atoms with Crippen LogP contribution in [-0.4, -0.2) is 58.5 Å². The summed E-state index contributed by atoms with van der Waals surface area (Å²) in [6.07, 6.45) is 6.85. The van der Waals surface area contributed by atoms with Gasteiger partial charge >= 0.3 is 6.09 Å². The fraction of sp³-hybridized carbons (Fsp3) is 0.710. The Morgan fingerprint density at radius 3 is 2.08 bits per heavy atom. The van der Waals surface area contributed by atoms with E-state index < -0.39 is 29.3 Å². The maximum absolute atomic E-state index is 14.3. The molecule has 8 heteroatoms. The molecule has 3 amide bonds. The summed E-state index contributed by atoms with van der Waals surface area (Å²) < 4.78 is 5.49. The van der Waals surface area contributed by atoms with Crippen LogP contribution in [0.15, 0.2) is 18.2 Å². The molecule has 1 aromatic rings. The minimum atomic E-state index is -0.818. The van der Waals surface area contributed by atoms with Gasteiger partial charge in [0.05, 0.1) is 0 Å². The standard InChI is InChI=1S/C31H53N3O4S/c1-11-12-13-14-15-20-34(28(36)24(19-21-39-10)32-29(37)38-31(7,8)9)26(27(35)33-30(4,5)6)25-22(2)17-16-18-23(25)3/h16-18,24,26H,11-15,19-21H2,1-10H3,(H,32,37)(H,33,35). The van der Waals surface area contributed by atoms with Crippen molar-refractivity contribution in [3.8, 4) is 0 Å². The molecule has 1 rings (SSSR count). The zero-order valence-electron chi connectivity index (χ0n) is 26.0. The maximum Gasteiger partial charge on any atom is 0.408 e. The molecule has 0 aliphatic carbocycles. The summed E-state index contributed by atoms with van der Waals surface area (Å²) in [6, 6.07) is 4.30. The van der Waals surface area contributed by atoms with Gasteiger partial charge in [-0.25, -0.2) is 4.79 Å². The second-order valence-electron chi connectivity index (χ2n) is 12.4. The number of carbonyl (C=O) groups excluding carboxylic acids is 3. The van der Waals surface area contributed by atoms with Crippen molar-refractivity contribution in [2.75, 3.05) is 18.6 Å². The molecule has 0 spiro atoms. The normalized spacial score (nSPS) is 13.4. The first-order chi connectivity index (χ1) is 18.1. The molecule has 0 radical (unpaired) electrons. The molecule has 0 bridgehead atoms. The van der Waals surface area contributed by atoms with Gasteiger partial charge in [0.2, 0.25) is 11.8 Å². The molecule has 39 heavy (non-hydrogen) atoms. The van der Waals surface area contributed by atoms with Crippen molar-refractivity contribution in [3.63, 3.8) is 0 Å². The Bertz CT molecular complexity index is 916. The molecule has 0 saturated carbocycles. The van der Waals surface area contributed by atoms with Gasteiger partial charge in [-0.3, -0.25) is 9.59 Å². The minimum Gasteiger partial charge on any atom is -0.444 e. The largest absolute Gasteiger partial charge is 0.444 e. The van der Waals surface area contributed by atoms with Gasteiger partial charge in [-0.15, -0.1) is 0 Å². The topological polar surface area (TPSA) is 87.7 Å². The van der Waals surface area contributed by atoms with E-state index in [0.29, 0.717) is 18.7 Å². The summed E-state index contributed by atoms with van der Waals surface area (Å²) in [4.78, 5) is 42.8. The number of unbranched alkanes of at least 4 members (excludes halogenated alkanes) is 4. The van der Waals surface area contributed by atoms with Crippen molar-refractivity contribution < 1.29 is 19.1 Å². The molecule has 2 atom stereocenters. The Balaban J connectivity index is 3.58. The van der Waals surface area contributed by atoms with Gasteiger partial charge in [-0.1, -0.05) is 50.8 Å². The van der Waals surface area contributed by atoms with E-state index in [0.717, 1.165) is 48.8 Å². The fourth-order valence-corrected chi connectivity index (χ4v) is 4.99. The Morgan fingerprint density at radius 2 is 1.56 bits per heavy atom. The number of carbonyl (C=O) groups is 3. The van der Waals surface area contributed by atoms with Crippen molar-refractivity contribution in [2.45, 2.75) is 124 Å². The van der Waals surface area contributed by atoms with Crippen LogP contribution < -0.4 is 10.6 Å². The van der Waals surface area contributed by atoms with E-state index >= 15 is 0 Å². The molecule has 1 aromatic carbocycles. The number of ether oxygens (including phenoxy) is 1. The van der Waals surface area contributed by atoms with E-state index in [2.05, 4.69) is 17.6 Å². The average molecular weight is 564 g/mol. The van der Waals surface area contributed by atoms with Crippen molar-refractivity contribution in [1.82, 2.24) is 15.5 Å². The van der Waals surface area contributed by atoms with Crippen LogP contribution in [0.2, 0.25) is 0 Å². The average Bonchev–Trinajstić information content (AvgIpc) is 2.79. The first kappa shape index (κ1) is 34.8. The number of benzene rings is 1. The van der Waals surface area contributed by atoms with Gasteiger partial charge in [0.25, 0.3) is 0 Å². The van der Waals surface area contributed by atoms with Crippen LogP contribution >= 0.6 is 11.8 Å². The number of thioether (sulfide) groups is 1. The van der Waals surface area contributed by atoms with E-state index in [1.807, 2.05) is 59.1 Å². The molecule has 0 saturated heterocycles. The summed E-state index contributed by atoms with van der Waals surface area (Å²) in [5.74, 6) is 0.198. The lowest BCUT2D eigenvalue weighted by atomic mass is 9.92. The highest BCUT2D eigenvalue weighted by atomic mass is 32.2. The van der Waals surface area contributed by atoms with Crippen molar-refractivity contribution in [1.29, 1.82) is 0 Å². The predicted octanol–water partition coefficient (Wildman–Crippen LogP) is 6.70. The second kappa shape index (κ2) is 16.1. The van der Waals surface area contributed by atoms with Crippen LogP contribution in [0.4, 0.5) is 4.79 Å². The predicted molar refractivity (Wildman–Crippen MR) is 163 cm³/mol. The van der Waals surface area contributed by atoms with E-state index in [1.54, 1.807) is 37.4 Å². The monoisotopic (exact) mass is 563 g/mol. The summed E-state index contributed by atoms with van der Waals surface area (Å²) in [5, 5.41) is 5.95. The molecule has 2 N–H and O–H groups in total. The van der Waals surface area contributed by atoms with Crippen molar-refractivity contribution >= 4 is 29.7 Å².